The molecule has 230 valence electrons. The molecule has 2 amide bonds. The maximum absolute atomic E-state index is 13.8. The molecule has 0 aliphatic carbocycles. The van der Waals surface area contributed by atoms with Crippen molar-refractivity contribution in [3.63, 3.8) is 0 Å². The largest absolute Gasteiger partial charge is 0.497 e. The van der Waals surface area contributed by atoms with Crippen molar-refractivity contribution in [1.82, 2.24) is 4.90 Å². The van der Waals surface area contributed by atoms with E-state index in [-0.39, 0.29) is 18.4 Å². The highest BCUT2D eigenvalue weighted by atomic mass is 79.9. The number of para-hydroxylation sites is 1. The van der Waals surface area contributed by atoms with Crippen LogP contribution in [0.15, 0.2) is 105 Å². The molecule has 1 saturated heterocycles. The topological polar surface area (TPSA) is 89.5 Å². The van der Waals surface area contributed by atoms with Gasteiger partial charge in [0.05, 0.1) is 35.3 Å². The molecule has 1 fully saturated rings. The Morgan fingerprint density at radius 3 is 2.42 bits per heavy atom. The molecule has 0 bridgehead atoms. The van der Waals surface area contributed by atoms with Gasteiger partial charge in [-0.25, -0.2) is 4.99 Å². The highest BCUT2D eigenvalue weighted by Gasteiger charge is 2.33. The van der Waals surface area contributed by atoms with Crippen LogP contribution >= 0.6 is 27.7 Å². The van der Waals surface area contributed by atoms with Crippen LogP contribution in [-0.2, 0) is 16.1 Å². The van der Waals surface area contributed by atoms with Gasteiger partial charge in [0, 0.05) is 5.69 Å². The van der Waals surface area contributed by atoms with Gasteiger partial charge < -0.3 is 19.5 Å². The predicted octanol–water partition coefficient (Wildman–Crippen LogP) is 7.99. The highest BCUT2D eigenvalue weighted by molar-refractivity contribution is 9.10. The zero-order valence-electron chi connectivity index (χ0n) is 25.1. The van der Waals surface area contributed by atoms with E-state index in [1.165, 1.54) is 11.8 Å². The molecule has 45 heavy (non-hydrogen) atoms. The number of benzene rings is 4. The maximum Gasteiger partial charge on any atom is 0.267 e. The van der Waals surface area contributed by atoms with Crippen LogP contribution in [0.2, 0.25) is 0 Å². The minimum absolute atomic E-state index is 0.160. The van der Waals surface area contributed by atoms with Crippen molar-refractivity contribution in [1.29, 1.82) is 0 Å². The number of nitrogens with zero attached hydrogens (tertiary/aromatic N) is 2. The molecule has 1 N–H and O–H groups in total. The lowest BCUT2D eigenvalue weighted by Crippen LogP contribution is -2.28. The second-order valence-corrected chi connectivity index (χ2v) is 11.9. The third-order valence-electron chi connectivity index (χ3n) is 6.68. The summed E-state index contributed by atoms with van der Waals surface area (Å²) in [5.41, 5.74) is 4.22. The molecule has 0 spiro atoms. The monoisotopic (exact) mass is 685 g/mol. The third-order valence-corrected chi connectivity index (χ3v) is 8.28. The van der Waals surface area contributed by atoms with Crippen molar-refractivity contribution in [2.45, 2.75) is 20.4 Å². The van der Waals surface area contributed by atoms with Gasteiger partial charge in [0.15, 0.2) is 23.3 Å². The molecule has 1 heterocycles. The summed E-state index contributed by atoms with van der Waals surface area (Å²) in [7, 11) is 1.62. The zero-order valence-corrected chi connectivity index (χ0v) is 27.5. The van der Waals surface area contributed by atoms with E-state index in [1.54, 1.807) is 18.1 Å². The molecule has 0 atom stereocenters. The minimum atomic E-state index is -0.297. The summed E-state index contributed by atoms with van der Waals surface area (Å²) in [5, 5.41) is 3.41. The van der Waals surface area contributed by atoms with Crippen molar-refractivity contribution < 1.29 is 23.8 Å². The standard InChI is InChI=1S/C35H32BrN3O5S/c1-4-43-30-19-25(18-29(36)33(30)44-22-32(40)37-27-14-10-23(2)11-15-27)20-31-34(41)39(21-24-12-16-28(42-3)17-13-24)35(45-31)38-26-8-6-5-7-9-26/h5-20H,4,21-22H2,1-3H3,(H,37,40)/b31-20-,38-35?. The number of carbonyl (C=O) groups excluding carboxylic acids is 2. The molecule has 0 aromatic heterocycles. The predicted molar refractivity (Wildman–Crippen MR) is 183 cm³/mol. The van der Waals surface area contributed by atoms with E-state index >= 15 is 0 Å². The van der Waals surface area contributed by atoms with Crippen molar-refractivity contribution in [3.8, 4) is 17.2 Å². The molecule has 4 aromatic carbocycles. The summed E-state index contributed by atoms with van der Waals surface area (Å²) in [6.45, 7) is 4.38. The van der Waals surface area contributed by atoms with Gasteiger partial charge >= 0.3 is 0 Å². The van der Waals surface area contributed by atoms with Gasteiger partial charge in [0.1, 0.15) is 5.75 Å². The van der Waals surface area contributed by atoms with E-state index in [9.17, 15) is 9.59 Å². The average molecular weight is 687 g/mol. The number of aliphatic imine (C=N–C) groups is 1. The van der Waals surface area contributed by atoms with Gasteiger partial charge in [-0.2, -0.15) is 0 Å². The molecule has 1 aliphatic rings. The number of thioether (sulfide) groups is 1. The molecule has 8 nitrogen and oxygen atoms in total. The summed E-state index contributed by atoms with van der Waals surface area (Å²) in [4.78, 5) is 33.3. The molecule has 0 saturated carbocycles. The SMILES string of the molecule is CCOc1cc(/C=C2\SC(=Nc3ccccc3)N(Cc3ccc(OC)cc3)C2=O)cc(Br)c1OCC(=O)Nc1ccc(C)cc1. The number of amidine groups is 1. The number of carbonyl (C=O) groups is 2. The first kappa shape index (κ1) is 31.9. The third kappa shape index (κ3) is 8.34. The second kappa shape index (κ2) is 15.0. The number of hydrogen-bond acceptors (Lipinski definition) is 7. The Morgan fingerprint density at radius 2 is 1.73 bits per heavy atom. The van der Waals surface area contributed by atoms with Crippen LogP contribution in [0.25, 0.3) is 6.08 Å². The number of hydrogen-bond donors (Lipinski definition) is 1. The molecule has 10 heteroatoms. The lowest BCUT2D eigenvalue weighted by molar-refractivity contribution is -0.122. The number of rotatable bonds is 11. The number of nitrogens with one attached hydrogen (secondary N) is 1. The fourth-order valence-corrected chi connectivity index (χ4v) is 6.03. The zero-order chi connectivity index (χ0) is 31.8. The Hall–Kier alpha value is -4.54. The Balaban J connectivity index is 1.38. The van der Waals surface area contributed by atoms with Crippen LogP contribution in [-0.4, -0.2) is 42.2 Å². The molecule has 0 unspecified atom stereocenters. The molecule has 5 rings (SSSR count). The van der Waals surface area contributed by atoms with E-state index < -0.39 is 0 Å². The fourth-order valence-electron chi connectivity index (χ4n) is 4.45. The minimum Gasteiger partial charge on any atom is -0.497 e. The van der Waals surface area contributed by atoms with Crippen LogP contribution in [0.5, 0.6) is 17.2 Å². The molecule has 1 aliphatic heterocycles. The van der Waals surface area contributed by atoms with Gasteiger partial charge in [-0.05, 0) is 107 Å². The molecule has 4 aromatic rings. The van der Waals surface area contributed by atoms with Crippen LogP contribution in [0.4, 0.5) is 11.4 Å². The smallest absolute Gasteiger partial charge is 0.267 e. The van der Waals surface area contributed by atoms with Gasteiger partial charge in [0.25, 0.3) is 11.8 Å². The van der Waals surface area contributed by atoms with E-state index in [2.05, 4.69) is 21.2 Å². The summed E-state index contributed by atoms with van der Waals surface area (Å²) in [5.74, 6) is 1.14. The summed E-state index contributed by atoms with van der Waals surface area (Å²) < 4.78 is 17.6. The molecule has 0 radical (unpaired) electrons. The maximum atomic E-state index is 13.8. The average Bonchev–Trinajstić information content (AvgIpc) is 3.31. The van der Waals surface area contributed by atoms with Crippen LogP contribution < -0.4 is 19.5 Å². The first-order valence-corrected chi connectivity index (χ1v) is 15.9. The normalized spacial score (nSPS) is 14.6. The quantitative estimate of drug-likeness (QED) is 0.161. The van der Waals surface area contributed by atoms with Crippen LogP contribution in [0.1, 0.15) is 23.6 Å². The first-order valence-electron chi connectivity index (χ1n) is 14.3. The number of aryl methyl sites for hydroxylation is 1. The van der Waals surface area contributed by atoms with Crippen molar-refractivity contribution in [2.75, 3.05) is 25.6 Å². The van der Waals surface area contributed by atoms with Crippen molar-refractivity contribution in [2.24, 2.45) is 4.99 Å². The van der Waals surface area contributed by atoms with Gasteiger partial charge in [-0.1, -0.05) is 48.0 Å². The van der Waals surface area contributed by atoms with Crippen molar-refractivity contribution >= 4 is 62.1 Å². The molecular formula is C35H32BrN3O5S. The fraction of sp³-hybridized carbons (Fsp3) is 0.171. The lowest BCUT2D eigenvalue weighted by atomic mass is 10.1. The van der Waals surface area contributed by atoms with E-state index in [0.717, 1.165) is 28.1 Å². The van der Waals surface area contributed by atoms with E-state index in [1.807, 2.05) is 105 Å². The number of anilines is 1. The number of ether oxygens (including phenoxy) is 3. The van der Waals surface area contributed by atoms with Crippen LogP contribution in [0.3, 0.4) is 0 Å². The number of halogens is 1. The van der Waals surface area contributed by atoms with Crippen molar-refractivity contribution in [3.05, 3.63) is 117 Å². The van der Waals surface area contributed by atoms with Gasteiger partial charge in [-0.3, -0.25) is 14.5 Å². The van der Waals surface area contributed by atoms with Crippen LogP contribution in [0, 0.1) is 6.92 Å². The lowest BCUT2D eigenvalue weighted by Gasteiger charge is -2.16. The number of methoxy groups -OCH3 is 1. The number of amides is 2. The van der Waals surface area contributed by atoms with E-state index in [4.69, 9.17) is 19.2 Å². The summed E-state index contributed by atoms with van der Waals surface area (Å²) >= 11 is 4.89. The Bertz CT molecular complexity index is 1730. The van der Waals surface area contributed by atoms with E-state index in [0.29, 0.717) is 44.9 Å². The molecular weight excluding hydrogens is 654 g/mol. The summed E-state index contributed by atoms with van der Waals surface area (Å²) in [6, 6.07) is 28.3. The van der Waals surface area contributed by atoms with Gasteiger partial charge in [-0.15, -0.1) is 0 Å². The Morgan fingerprint density at radius 1 is 1.00 bits per heavy atom. The first-order chi connectivity index (χ1) is 21.8. The summed E-state index contributed by atoms with van der Waals surface area (Å²) in [6.07, 6.45) is 1.81. The second-order valence-electron chi connectivity index (χ2n) is 10.0. The Kier molecular flexibility index (Phi) is 10.6. The highest BCUT2D eigenvalue weighted by Crippen LogP contribution is 2.40. The Labute approximate surface area is 275 Å². The van der Waals surface area contributed by atoms with Gasteiger partial charge in [0.2, 0.25) is 0 Å².